The van der Waals surface area contributed by atoms with Crippen molar-refractivity contribution in [1.29, 1.82) is 0 Å². The average molecular weight is 313 g/mol. The van der Waals surface area contributed by atoms with E-state index in [-0.39, 0.29) is 17.8 Å². The molecule has 0 unspecified atom stereocenters. The van der Waals surface area contributed by atoms with Crippen molar-refractivity contribution in [2.75, 3.05) is 6.54 Å². The molecule has 1 saturated heterocycles. The topological polar surface area (TPSA) is 46.6 Å². The Morgan fingerprint density at radius 1 is 1.09 bits per heavy atom. The molecule has 2 aliphatic carbocycles. The Kier molecular flexibility index (Phi) is 3.83. The number of carbonyl (C=O) groups is 2. The minimum Gasteiger partial charge on any atom is -0.426 e. The van der Waals surface area contributed by atoms with Gasteiger partial charge in [-0.1, -0.05) is 18.9 Å². The van der Waals surface area contributed by atoms with Crippen LogP contribution >= 0.6 is 0 Å². The zero-order chi connectivity index (χ0) is 15.8. The fraction of sp³-hybridized carbons (Fsp3) is 0.579. The molecule has 1 aliphatic heterocycles. The molecular weight excluding hydrogens is 290 g/mol. The first-order valence-electron chi connectivity index (χ1n) is 8.83. The van der Waals surface area contributed by atoms with Crippen molar-refractivity contribution in [2.24, 2.45) is 5.92 Å². The summed E-state index contributed by atoms with van der Waals surface area (Å²) in [6, 6.07) is 6.29. The van der Waals surface area contributed by atoms with E-state index in [1.807, 2.05) is 17.0 Å². The molecule has 1 aromatic carbocycles. The zero-order valence-electron chi connectivity index (χ0n) is 13.4. The van der Waals surface area contributed by atoms with E-state index in [1.165, 1.54) is 30.4 Å². The van der Waals surface area contributed by atoms with Crippen LogP contribution in [0.3, 0.4) is 0 Å². The van der Waals surface area contributed by atoms with E-state index in [0.29, 0.717) is 24.8 Å². The van der Waals surface area contributed by atoms with Gasteiger partial charge in [-0.15, -0.1) is 0 Å². The average Bonchev–Trinajstić information content (AvgIpc) is 3.26. The predicted octanol–water partition coefficient (Wildman–Crippen LogP) is 2.87. The highest BCUT2D eigenvalue weighted by Crippen LogP contribution is 2.31. The number of amides is 1. The van der Waals surface area contributed by atoms with Crippen molar-refractivity contribution in [1.82, 2.24) is 4.90 Å². The van der Waals surface area contributed by atoms with Crippen LogP contribution in [0.1, 0.15) is 49.7 Å². The van der Waals surface area contributed by atoms with Crippen molar-refractivity contribution < 1.29 is 14.3 Å². The normalized spacial score (nSPS) is 24.3. The highest BCUT2D eigenvalue weighted by atomic mass is 16.5. The van der Waals surface area contributed by atoms with Crippen molar-refractivity contribution in [3.05, 3.63) is 29.3 Å². The van der Waals surface area contributed by atoms with Gasteiger partial charge in [-0.2, -0.15) is 0 Å². The molecule has 1 atom stereocenters. The second kappa shape index (κ2) is 5.99. The molecule has 4 rings (SSSR count). The van der Waals surface area contributed by atoms with Crippen LogP contribution in [0.2, 0.25) is 0 Å². The fourth-order valence-corrected chi connectivity index (χ4v) is 4.27. The molecule has 122 valence electrons. The predicted molar refractivity (Wildman–Crippen MR) is 86.2 cm³/mol. The number of fused-ring (bicyclic) bond motifs is 1. The van der Waals surface area contributed by atoms with Gasteiger partial charge in [0.2, 0.25) is 5.91 Å². The fourth-order valence-electron chi connectivity index (χ4n) is 4.27. The Bertz CT molecular complexity index is 634. The van der Waals surface area contributed by atoms with Crippen LogP contribution in [0.15, 0.2) is 18.2 Å². The van der Waals surface area contributed by atoms with E-state index in [2.05, 4.69) is 6.07 Å². The third kappa shape index (κ3) is 2.87. The summed E-state index contributed by atoms with van der Waals surface area (Å²) in [6.07, 6.45) is 8.23. The molecule has 1 aromatic rings. The standard InChI is InChI=1S/C19H23NO3/c21-18-11-15(12-20(18)16-6-1-2-7-16)19(22)23-17-9-8-13-4-3-5-14(13)10-17/h8-10,15-16H,1-7,11-12H2/t15-/m1/s1. The maximum atomic E-state index is 12.4. The minimum atomic E-state index is -0.309. The van der Waals surface area contributed by atoms with Gasteiger partial charge in [-0.05, 0) is 55.4 Å². The number of benzene rings is 1. The Morgan fingerprint density at radius 2 is 1.87 bits per heavy atom. The van der Waals surface area contributed by atoms with Gasteiger partial charge in [-0.3, -0.25) is 9.59 Å². The Balaban J connectivity index is 1.40. The second-order valence-electron chi connectivity index (χ2n) is 7.09. The molecule has 1 amide bonds. The highest BCUT2D eigenvalue weighted by Gasteiger charge is 2.39. The molecule has 0 N–H and O–H groups in total. The van der Waals surface area contributed by atoms with E-state index in [0.717, 1.165) is 25.7 Å². The second-order valence-corrected chi connectivity index (χ2v) is 7.09. The summed E-state index contributed by atoms with van der Waals surface area (Å²) in [5.41, 5.74) is 2.67. The molecule has 0 bridgehead atoms. The van der Waals surface area contributed by atoms with Crippen molar-refractivity contribution in [3.63, 3.8) is 0 Å². The number of carbonyl (C=O) groups excluding carboxylic acids is 2. The summed E-state index contributed by atoms with van der Waals surface area (Å²) >= 11 is 0. The zero-order valence-corrected chi connectivity index (χ0v) is 13.4. The lowest BCUT2D eigenvalue weighted by molar-refractivity contribution is -0.139. The number of rotatable bonds is 3. The maximum absolute atomic E-state index is 12.4. The molecule has 2 fully saturated rings. The number of ether oxygens (including phenoxy) is 1. The summed E-state index contributed by atoms with van der Waals surface area (Å²) in [6.45, 7) is 0.535. The number of aryl methyl sites for hydroxylation is 2. The largest absolute Gasteiger partial charge is 0.426 e. The van der Waals surface area contributed by atoms with Gasteiger partial charge >= 0.3 is 5.97 Å². The van der Waals surface area contributed by atoms with Crippen LogP contribution in [0.4, 0.5) is 0 Å². The van der Waals surface area contributed by atoms with Crippen LogP contribution < -0.4 is 4.74 Å². The van der Waals surface area contributed by atoms with Gasteiger partial charge in [0.15, 0.2) is 0 Å². The number of hydrogen-bond donors (Lipinski definition) is 0. The molecular formula is C19H23NO3. The molecule has 1 heterocycles. The van der Waals surface area contributed by atoms with Crippen LogP contribution in [0.25, 0.3) is 0 Å². The number of hydrogen-bond acceptors (Lipinski definition) is 3. The third-order valence-electron chi connectivity index (χ3n) is 5.55. The van der Waals surface area contributed by atoms with E-state index in [9.17, 15) is 9.59 Å². The number of likely N-dealkylation sites (tertiary alicyclic amines) is 1. The van der Waals surface area contributed by atoms with E-state index in [1.54, 1.807) is 0 Å². The van der Waals surface area contributed by atoms with Crippen molar-refractivity contribution >= 4 is 11.9 Å². The van der Waals surface area contributed by atoms with Gasteiger partial charge in [0.1, 0.15) is 5.75 Å². The lowest BCUT2D eigenvalue weighted by Gasteiger charge is -2.23. The number of nitrogens with zero attached hydrogens (tertiary/aromatic N) is 1. The molecule has 1 saturated carbocycles. The first-order valence-corrected chi connectivity index (χ1v) is 8.83. The van der Waals surface area contributed by atoms with Gasteiger partial charge in [-0.25, -0.2) is 0 Å². The van der Waals surface area contributed by atoms with E-state index >= 15 is 0 Å². The molecule has 0 radical (unpaired) electrons. The molecule has 3 aliphatic rings. The van der Waals surface area contributed by atoms with Gasteiger partial charge in [0.05, 0.1) is 5.92 Å². The van der Waals surface area contributed by atoms with Crippen LogP contribution in [-0.4, -0.2) is 29.4 Å². The SMILES string of the molecule is O=C(Oc1ccc2c(c1)CCC2)[C@@H]1CC(=O)N(C2CCCC2)C1. The first kappa shape index (κ1) is 14.7. The van der Waals surface area contributed by atoms with Crippen LogP contribution in [0.5, 0.6) is 5.75 Å². The van der Waals surface area contributed by atoms with Gasteiger partial charge in [0, 0.05) is 19.0 Å². The Morgan fingerprint density at radius 3 is 2.70 bits per heavy atom. The van der Waals surface area contributed by atoms with E-state index < -0.39 is 0 Å². The lowest BCUT2D eigenvalue weighted by Crippen LogP contribution is -2.35. The molecule has 4 nitrogen and oxygen atoms in total. The summed E-state index contributed by atoms with van der Waals surface area (Å²) in [7, 11) is 0. The lowest BCUT2D eigenvalue weighted by atomic mass is 10.1. The Hall–Kier alpha value is -1.84. The third-order valence-corrected chi connectivity index (χ3v) is 5.55. The summed E-state index contributed by atoms with van der Waals surface area (Å²) in [5, 5.41) is 0. The Labute approximate surface area is 136 Å². The molecule has 4 heteroatoms. The smallest absolute Gasteiger partial charge is 0.316 e. The summed E-state index contributed by atoms with van der Waals surface area (Å²) < 4.78 is 5.57. The van der Waals surface area contributed by atoms with Crippen LogP contribution in [-0.2, 0) is 22.4 Å². The maximum Gasteiger partial charge on any atom is 0.316 e. The van der Waals surface area contributed by atoms with Crippen LogP contribution in [0, 0.1) is 5.92 Å². The molecule has 0 spiro atoms. The summed E-state index contributed by atoms with van der Waals surface area (Å²) in [4.78, 5) is 26.5. The van der Waals surface area contributed by atoms with Gasteiger partial charge in [0.25, 0.3) is 0 Å². The molecule has 23 heavy (non-hydrogen) atoms. The minimum absolute atomic E-state index is 0.118. The van der Waals surface area contributed by atoms with Crippen molar-refractivity contribution in [3.8, 4) is 5.75 Å². The number of esters is 1. The highest BCUT2D eigenvalue weighted by molar-refractivity contribution is 5.87. The van der Waals surface area contributed by atoms with Crippen molar-refractivity contribution in [2.45, 2.75) is 57.4 Å². The van der Waals surface area contributed by atoms with E-state index in [4.69, 9.17) is 4.74 Å². The quantitative estimate of drug-likeness (QED) is 0.637. The van der Waals surface area contributed by atoms with Gasteiger partial charge < -0.3 is 9.64 Å². The molecule has 0 aromatic heterocycles. The first-order chi connectivity index (χ1) is 11.2. The monoisotopic (exact) mass is 313 g/mol. The summed E-state index contributed by atoms with van der Waals surface area (Å²) in [5.74, 6) is 0.184.